The van der Waals surface area contributed by atoms with Gasteiger partial charge in [-0.25, -0.2) is 4.79 Å². The van der Waals surface area contributed by atoms with Gasteiger partial charge in [-0.05, 0) is 61.6 Å². The zero-order valence-electron chi connectivity index (χ0n) is 37.4. The maximum absolute atomic E-state index is 13.9. The van der Waals surface area contributed by atoms with E-state index in [-0.39, 0.29) is 34.6 Å². The Morgan fingerprint density at radius 3 is 2.03 bits per heavy atom. The van der Waals surface area contributed by atoms with E-state index in [1.54, 1.807) is 0 Å². The summed E-state index contributed by atoms with van der Waals surface area (Å²) >= 11 is 0. The number of fused-ring (bicyclic) bond motifs is 5. The first kappa shape index (κ1) is 52.4. The normalized spacial score (nSPS) is 17.2. The summed E-state index contributed by atoms with van der Waals surface area (Å²) in [7, 11) is 2.61. The molecule has 6 amide bonds. The van der Waals surface area contributed by atoms with E-state index in [4.69, 9.17) is 0 Å². The molecule has 0 aliphatic carbocycles. The number of aliphatic carboxylic acids is 1. The molecule has 0 radical (unpaired) electrons. The third kappa shape index (κ3) is 14.8. The highest BCUT2D eigenvalue weighted by molar-refractivity contribution is 5.96. The number of aromatic hydroxyl groups is 2. The molecule has 0 saturated heterocycles. The first-order valence-corrected chi connectivity index (χ1v) is 21.6. The molecular weight excluding hydrogens is 835 g/mol. The van der Waals surface area contributed by atoms with Crippen LogP contribution in [-0.2, 0) is 40.0 Å². The Balaban J connectivity index is 1.72. The second-order valence-corrected chi connectivity index (χ2v) is 16.7. The number of phenolic OH excluding ortho intramolecular Hbond substituents is 2. The van der Waals surface area contributed by atoms with Crippen LogP contribution in [0, 0.1) is 5.92 Å². The smallest absolute Gasteiger partial charge is 0.326 e. The number of phenols is 2. The fourth-order valence-corrected chi connectivity index (χ4v) is 7.31. The molecule has 1 heterocycles. The number of carboxylic acid groups (broad SMARTS) is 1. The number of aliphatic hydroxyl groups excluding tert-OH is 1. The average Bonchev–Trinajstić information content (AvgIpc) is 3.23. The number of anilines is 1. The van der Waals surface area contributed by atoms with Crippen molar-refractivity contribution >= 4 is 47.1 Å². The number of carbonyl (C=O) groups is 7. The highest BCUT2D eigenvalue weighted by Gasteiger charge is 2.34. The lowest BCUT2D eigenvalue weighted by Crippen LogP contribution is -2.55. The van der Waals surface area contributed by atoms with E-state index in [9.17, 15) is 64.4 Å². The van der Waals surface area contributed by atoms with E-state index in [2.05, 4.69) is 35.1 Å². The Hall–Kier alpha value is -5.99. The Morgan fingerprint density at radius 2 is 1.44 bits per heavy atom. The van der Waals surface area contributed by atoms with Crippen molar-refractivity contribution < 1.29 is 64.4 Å². The summed E-state index contributed by atoms with van der Waals surface area (Å²) in [6.07, 6.45) is 9.36. The second kappa shape index (κ2) is 24.7. The van der Waals surface area contributed by atoms with Crippen LogP contribution in [0.25, 0.3) is 11.1 Å². The molecule has 1 aliphatic heterocycles. The number of likely N-dealkylation sites (N-methyl/N-ethyl adjacent to an activating group) is 2. The highest BCUT2D eigenvalue weighted by atomic mass is 16.8. The molecule has 2 aromatic carbocycles. The van der Waals surface area contributed by atoms with Gasteiger partial charge >= 0.3 is 5.97 Å². The van der Waals surface area contributed by atoms with E-state index in [0.29, 0.717) is 12.3 Å². The van der Waals surface area contributed by atoms with Gasteiger partial charge in [0.2, 0.25) is 35.4 Å². The molecule has 0 aromatic heterocycles. The molecule has 10 N–H and O–H groups in total. The predicted molar refractivity (Wildman–Crippen MR) is 233 cm³/mol. The molecule has 3 rings (SSSR count). The van der Waals surface area contributed by atoms with Crippen LogP contribution in [-0.4, -0.2) is 133 Å². The summed E-state index contributed by atoms with van der Waals surface area (Å²) < 4.78 is 0. The predicted octanol–water partition coefficient (Wildman–Crippen LogP) is 2.48. The van der Waals surface area contributed by atoms with Crippen LogP contribution in [0.4, 0.5) is 5.69 Å². The molecule has 0 fully saturated rings. The van der Waals surface area contributed by atoms with Gasteiger partial charge in [0.25, 0.3) is 0 Å². The molecular formula is C44H65N7O13. The SMILES string of the molecule is CC(C)CCCCCCCCCCC(=O)N(C)[C@H](CO)C(=O)N[C@H](C)C(=O)NCC(=O)N(C)C1C(=O)N[C@@H](C)C(=O)NC(C(=O)O)Cc2cc(c(O)c(N(O)O)c2)-c2cc1ccc2O. The van der Waals surface area contributed by atoms with E-state index in [0.717, 1.165) is 47.6 Å². The molecule has 0 spiro atoms. The topological polar surface area (TPSA) is 299 Å². The van der Waals surface area contributed by atoms with Gasteiger partial charge in [0, 0.05) is 38.1 Å². The van der Waals surface area contributed by atoms with Gasteiger partial charge in [0.15, 0.2) is 5.75 Å². The minimum Gasteiger partial charge on any atom is -0.507 e. The molecule has 1 aliphatic rings. The Bertz CT molecular complexity index is 1980. The van der Waals surface area contributed by atoms with Crippen molar-refractivity contribution in [3.05, 3.63) is 41.5 Å². The lowest BCUT2D eigenvalue weighted by molar-refractivity contribution is -0.143. The van der Waals surface area contributed by atoms with E-state index >= 15 is 0 Å². The highest BCUT2D eigenvalue weighted by Crippen LogP contribution is 2.43. The number of amides is 6. The van der Waals surface area contributed by atoms with Crippen molar-refractivity contribution in [2.75, 3.05) is 32.5 Å². The molecule has 2 unspecified atom stereocenters. The zero-order chi connectivity index (χ0) is 47.8. The molecule has 354 valence electrons. The summed E-state index contributed by atoms with van der Waals surface area (Å²) in [6.45, 7) is 5.62. The van der Waals surface area contributed by atoms with Crippen molar-refractivity contribution in [2.45, 2.75) is 129 Å². The van der Waals surface area contributed by atoms with Crippen molar-refractivity contribution in [3.8, 4) is 22.6 Å². The van der Waals surface area contributed by atoms with Gasteiger partial charge in [-0.1, -0.05) is 71.3 Å². The van der Waals surface area contributed by atoms with Crippen LogP contribution in [0.15, 0.2) is 30.3 Å². The summed E-state index contributed by atoms with van der Waals surface area (Å²) in [5.41, 5.74) is -0.916. The van der Waals surface area contributed by atoms with Gasteiger partial charge in [0.05, 0.1) is 13.2 Å². The minimum atomic E-state index is -1.61. The number of hydrogen-bond donors (Lipinski definition) is 10. The van der Waals surface area contributed by atoms with Crippen LogP contribution in [0.2, 0.25) is 0 Å². The van der Waals surface area contributed by atoms with Gasteiger partial charge < -0.3 is 51.5 Å². The number of hydrogen-bond acceptors (Lipinski definition) is 13. The van der Waals surface area contributed by atoms with Gasteiger partial charge in [0.1, 0.15) is 41.6 Å². The second-order valence-electron chi connectivity index (χ2n) is 16.7. The largest absolute Gasteiger partial charge is 0.507 e. The monoisotopic (exact) mass is 899 g/mol. The molecule has 4 bridgehead atoms. The van der Waals surface area contributed by atoms with Crippen LogP contribution in [0.3, 0.4) is 0 Å². The molecule has 0 saturated carbocycles. The third-order valence-corrected chi connectivity index (χ3v) is 11.3. The summed E-state index contributed by atoms with van der Waals surface area (Å²) in [5.74, 6) is -6.69. The standard InChI is InChI=1S/C44H65N7O13/c1-25(2)15-13-11-9-7-8-10-12-14-16-36(54)49(5)34(24-52)42(59)46-26(3)40(57)45-23-37(55)50(6)38-29-17-18-35(53)30(22-29)31-19-28(21-33(39(31)56)51(63)64)20-32(44(61)62)48-41(58)27(4)47-43(38)60/h17-19,21-22,25-27,32,34,38,52-53,56,63-64H,7-16,20,23-24H2,1-6H3,(H,45,57)(H,46,59)(H,47,60)(H,48,58)(H,61,62)/t26-,27+,32?,34-,38?/m1/s1. The first-order valence-electron chi connectivity index (χ1n) is 21.6. The number of nitrogens with zero attached hydrogens (tertiary/aromatic N) is 3. The number of benzene rings is 2. The molecule has 64 heavy (non-hydrogen) atoms. The molecule has 5 atom stereocenters. The summed E-state index contributed by atoms with van der Waals surface area (Å²) in [4.78, 5) is 94.2. The van der Waals surface area contributed by atoms with E-state index in [1.165, 1.54) is 71.8 Å². The number of carbonyl (C=O) groups excluding carboxylic acids is 6. The fraction of sp³-hybridized carbons (Fsp3) is 0.568. The molecule has 20 heteroatoms. The minimum absolute atomic E-state index is 0.0222. The van der Waals surface area contributed by atoms with Gasteiger partial charge in [-0.3, -0.25) is 39.2 Å². The van der Waals surface area contributed by atoms with Gasteiger partial charge in [-0.15, -0.1) is 5.23 Å². The lowest BCUT2D eigenvalue weighted by atomic mass is 9.93. The Morgan fingerprint density at radius 1 is 0.812 bits per heavy atom. The molecule has 2 aromatic rings. The number of rotatable bonds is 21. The maximum Gasteiger partial charge on any atom is 0.326 e. The molecule has 20 nitrogen and oxygen atoms in total. The van der Waals surface area contributed by atoms with Crippen molar-refractivity contribution in [1.82, 2.24) is 31.1 Å². The van der Waals surface area contributed by atoms with E-state index in [1.807, 2.05) is 0 Å². The lowest BCUT2D eigenvalue weighted by Gasteiger charge is -2.30. The van der Waals surface area contributed by atoms with Crippen molar-refractivity contribution in [2.24, 2.45) is 5.92 Å². The summed E-state index contributed by atoms with van der Waals surface area (Å²) in [5, 5.41) is 70.8. The quantitative estimate of drug-likeness (QED) is 0.0637. The first-order chi connectivity index (χ1) is 30.2. The Labute approximate surface area is 372 Å². The van der Waals surface area contributed by atoms with Crippen molar-refractivity contribution in [3.63, 3.8) is 0 Å². The van der Waals surface area contributed by atoms with Crippen molar-refractivity contribution in [1.29, 1.82) is 0 Å². The van der Waals surface area contributed by atoms with E-state index < -0.39 is 108 Å². The van der Waals surface area contributed by atoms with Crippen LogP contribution >= 0.6 is 0 Å². The van der Waals surface area contributed by atoms with Crippen LogP contribution in [0.5, 0.6) is 11.5 Å². The number of aliphatic hydroxyl groups is 1. The van der Waals surface area contributed by atoms with Crippen LogP contribution in [0.1, 0.15) is 109 Å². The number of nitrogens with one attached hydrogen (secondary N) is 4. The maximum atomic E-state index is 13.9. The van der Waals surface area contributed by atoms with Crippen LogP contribution < -0.4 is 26.5 Å². The fourth-order valence-electron chi connectivity index (χ4n) is 7.31. The third-order valence-electron chi connectivity index (χ3n) is 11.3. The zero-order valence-corrected chi connectivity index (χ0v) is 37.4. The Kier molecular flexibility index (Phi) is 20.2. The van der Waals surface area contributed by atoms with Gasteiger partial charge in [-0.2, -0.15) is 0 Å². The summed E-state index contributed by atoms with van der Waals surface area (Å²) in [6, 6.07) is -1.14. The number of carboxylic acids is 1. The number of unbranched alkanes of at least 4 members (excludes halogenated alkanes) is 7. The average molecular weight is 900 g/mol.